The second-order valence-electron chi connectivity index (χ2n) is 7.84. The van der Waals surface area contributed by atoms with E-state index in [2.05, 4.69) is 22.0 Å². The highest BCUT2D eigenvalue weighted by molar-refractivity contribution is 6.35. The van der Waals surface area contributed by atoms with Crippen LogP contribution in [0.4, 0.5) is 0 Å². The van der Waals surface area contributed by atoms with Crippen molar-refractivity contribution < 1.29 is 4.52 Å². The number of rotatable bonds is 4. The molecule has 0 bridgehead atoms. The Morgan fingerprint density at radius 2 is 2.11 bits per heavy atom. The molecule has 1 aliphatic rings. The molecule has 5 rings (SSSR count). The van der Waals surface area contributed by atoms with E-state index in [4.69, 9.17) is 16.1 Å². The van der Waals surface area contributed by atoms with Gasteiger partial charge in [0.15, 0.2) is 0 Å². The molecule has 0 saturated heterocycles. The fraction of sp³-hybridized carbons (Fsp3) is 0.400. The number of imidazole rings is 1. The molecule has 4 aromatic rings. The summed E-state index contributed by atoms with van der Waals surface area (Å²) in [5, 5.41) is 4.65. The maximum atomic E-state index is 13.5. The molecule has 0 aliphatic heterocycles. The summed E-state index contributed by atoms with van der Waals surface area (Å²) >= 11 is 6.49. The summed E-state index contributed by atoms with van der Waals surface area (Å²) in [6, 6.07) is 5.59. The van der Waals surface area contributed by atoms with Crippen LogP contribution >= 0.6 is 11.6 Å². The lowest BCUT2D eigenvalue weighted by Crippen LogP contribution is -2.26. The van der Waals surface area contributed by atoms with Gasteiger partial charge in [-0.05, 0) is 38.3 Å². The van der Waals surface area contributed by atoms with E-state index in [-0.39, 0.29) is 17.0 Å². The summed E-state index contributed by atoms with van der Waals surface area (Å²) in [6.07, 6.45) is 4.48. The summed E-state index contributed by atoms with van der Waals surface area (Å²) in [4.78, 5) is 22.5. The Balaban J connectivity index is 1.84. The van der Waals surface area contributed by atoms with Crippen LogP contribution in [0, 0.1) is 0 Å². The quantitative estimate of drug-likeness (QED) is 0.510. The minimum absolute atomic E-state index is 0.0196. The Bertz CT molecular complexity index is 1280. The average molecular weight is 398 g/mol. The van der Waals surface area contributed by atoms with Crippen LogP contribution in [0.2, 0.25) is 5.02 Å². The van der Waals surface area contributed by atoms with Crippen molar-refractivity contribution in [3.05, 3.63) is 45.8 Å². The third-order valence-electron chi connectivity index (χ3n) is 5.84. The molecule has 28 heavy (non-hydrogen) atoms. The maximum absolute atomic E-state index is 13.5. The van der Waals surface area contributed by atoms with Gasteiger partial charge in [0.1, 0.15) is 17.5 Å². The first-order valence-electron chi connectivity index (χ1n) is 9.49. The Labute approximate surface area is 166 Å². The standard InChI is InChI=1S/C20H20ClN5O2/c1-4-11(2)26-15-12(21)6-5-7-13(15)25-10-22-14(16(25)18(26)27)17-23-19(28-24-17)20(3)8-9-20/h5-7,10-11H,4,8-9H2,1-3H3. The molecule has 3 aromatic heterocycles. The predicted octanol–water partition coefficient (Wildman–Crippen LogP) is 4.38. The summed E-state index contributed by atoms with van der Waals surface area (Å²) in [5.74, 6) is 0.953. The summed E-state index contributed by atoms with van der Waals surface area (Å²) < 4.78 is 8.99. The average Bonchev–Trinajstić information content (AvgIpc) is 3.12. The number of hydrogen-bond acceptors (Lipinski definition) is 5. The van der Waals surface area contributed by atoms with Crippen molar-refractivity contribution in [1.29, 1.82) is 0 Å². The fourth-order valence-electron chi connectivity index (χ4n) is 3.62. The Hall–Kier alpha value is -2.67. The van der Waals surface area contributed by atoms with Gasteiger partial charge in [-0.15, -0.1) is 0 Å². The number of nitrogens with zero attached hydrogens (tertiary/aromatic N) is 5. The van der Waals surface area contributed by atoms with Gasteiger partial charge in [-0.25, -0.2) is 4.98 Å². The molecule has 1 fully saturated rings. The van der Waals surface area contributed by atoms with Crippen LogP contribution in [0.25, 0.3) is 28.1 Å². The van der Waals surface area contributed by atoms with Crippen molar-refractivity contribution in [1.82, 2.24) is 24.1 Å². The van der Waals surface area contributed by atoms with Gasteiger partial charge in [-0.1, -0.05) is 36.7 Å². The topological polar surface area (TPSA) is 78.2 Å². The number of benzene rings is 1. The Kier molecular flexibility index (Phi) is 3.68. The third-order valence-corrected chi connectivity index (χ3v) is 6.15. The van der Waals surface area contributed by atoms with Gasteiger partial charge in [0.05, 0.1) is 16.1 Å². The van der Waals surface area contributed by atoms with Gasteiger partial charge >= 0.3 is 0 Å². The van der Waals surface area contributed by atoms with Crippen LogP contribution in [-0.4, -0.2) is 24.1 Å². The van der Waals surface area contributed by atoms with Gasteiger partial charge in [-0.2, -0.15) is 4.98 Å². The van der Waals surface area contributed by atoms with Crippen molar-refractivity contribution in [2.75, 3.05) is 0 Å². The molecule has 8 heteroatoms. The lowest BCUT2D eigenvalue weighted by Gasteiger charge is -2.18. The van der Waals surface area contributed by atoms with Gasteiger partial charge in [-0.3, -0.25) is 9.20 Å². The highest BCUT2D eigenvalue weighted by atomic mass is 35.5. The van der Waals surface area contributed by atoms with E-state index in [1.807, 2.05) is 26.0 Å². The minimum Gasteiger partial charge on any atom is -0.338 e. The zero-order valence-electron chi connectivity index (χ0n) is 15.9. The number of para-hydroxylation sites is 1. The Morgan fingerprint density at radius 1 is 1.32 bits per heavy atom. The first kappa shape index (κ1) is 17.4. The van der Waals surface area contributed by atoms with E-state index in [0.29, 0.717) is 33.5 Å². The molecule has 7 nitrogen and oxygen atoms in total. The predicted molar refractivity (Wildman–Crippen MR) is 107 cm³/mol. The van der Waals surface area contributed by atoms with E-state index in [1.165, 1.54) is 0 Å². The van der Waals surface area contributed by atoms with Crippen LogP contribution in [0.15, 0.2) is 33.8 Å². The second-order valence-corrected chi connectivity index (χ2v) is 8.24. The fourth-order valence-corrected chi connectivity index (χ4v) is 3.88. The van der Waals surface area contributed by atoms with Gasteiger partial charge < -0.3 is 9.09 Å². The molecule has 0 radical (unpaired) electrons. The highest BCUT2D eigenvalue weighted by Gasteiger charge is 2.44. The minimum atomic E-state index is -0.161. The van der Waals surface area contributed by atoms with Crippen LogP contribution in [0.3, 0.4) is 0 Å². The highest BCUT2D eigenvalue weighted by Crippen LogP contribution is 2.47. The largest absolute Gasteiger partial charge is 0.338 e. The zero-order valence-corrected chi connectivity index (χ0v) is 16.7. The molecular formula is C20H20ClN5O2. The van der Waals surface area contributed by atoms with E-state index in [1.54, 1.807) is 21.4 Å². The number of aromatic nitrogens is 5. The number of fused-ring (bicyclic) bond motifs is 3. The van der Waals surface area contributed by atoms with Crippen molar-refractivity contribution in [3.63, 3.8) is 0 Å². The van der Waals surface area contributed by atoms with E-state index in [0.717, 1.165) is 24.8 Å². The van der Waals surface area contributed by atoms with Crippen LogP contribution < -0.4 is 5.56 Å². The zero-order chi connectivity index (χ0) is 19.6. The normalized spacial score (nSPS) is 16.7. The summed E-state index contributed by atoms with van der Waals surface area (Å²) in [7, 11) is 0. The van der Waals surface area contributed by atoms with E-state index in [9.17, 15) is 4.79 Å². The van der Waals surface area contributed by atoms with Crippen LogP contribution in [0.1, 0.15) is 52.0 Å². The molecule has 0 N–H and O–H groups in total. The summed E-state index contributed by atoms with van der Waals surface area (Å²) in [5.41, 5.74) is 2.19. The molecule has 3 heterocycles. The lowest BCUT2D eigenvalue weighted by atomic mass is 10.1. The molecule has 1 atom stereocenters. The molecule has 1 aliphatic carbocycles. The SMILES string of the molecule is CCC(C)n1c(=O)c2c(-c3noc(C4(C)CC4)n3)ncn2c2cccc(Cl)c21. The van der Waals surface area contributed by atoms with Gasteiger partial charge in [0, 0.05) is 11.5 Å². The first-order chi connectivity index (χ1) is 13.4. The van der Waals surface area contributed by atoms with Crippen molar-refractivity contribution in [2.45, 2.75) is 51.5 Å². The smallest absolute Gasteiger partial charge is 0.278 e. The third kappa shape index (κ3) is 2.35. The monoisotopic (exact) mass is 397 g/mol. The molecular weight excluding hydrogens is 378 g/mol. The first-order valence-corrected chi connectivity index (χ1v) is 9.87. The maximum Gasteiger partial charge on any atom is 0.278 e. The molecule has 144 valence electrons. The molecule has 1 unspecified atom stereocenters. The molecule has 1 aromatic carbocycles. The van der Waals surface area contributed by atoms with Crippen molar-refractivity contribution in [2.24, 2.45) is 0 Å². The van der Waals surface area contributed by atoms with Crippen molar-refractivity contribution >= 4 is 28.2 Å². The van der Waals surface area contributed by atoms with E-state index >= 15 is 0 Å². The van der Waals surface area contributed by atoms with E-state index < -0.39 is 0 Å². The summed E-state index contributed by atoms with van der Waals surface area (Å²) in [6.45, 7) is 6.15. The lowest BCUT2D eigenvalue weighted by molar-refractivity contribution is 0.353. The van der Waals surface area contributed by atoms with Gasteiger partial charge in [0.2, 0.25) is 11.7 Å². The second kappa shape index (κ2) is 5.91. The van der Waals surface area contributed by atoms with Gasteiger partial charge in [0.25, 0.3) is 5.56 Å². The number of hydrogen-bond donors (Lipinski definition) is 0. The van der Waals surface area contributed by atoms with Crippen molar-refractivity contribution in [3.8, 4) is 11.5 Å². The molecule has 0 spiro atoms. The molecule has 1 saturated carbocycles. The number of halogens is 1. The van der Waals surface area contributed by atoms with Crippen LogP contribution in [-0.2, 0) is 5.41 Å². The molecule has 0 amide bonds. The Morgan fingerprint density at radius 3 is 2.82 bits per heavy atom. The van der Waals surface area contributed by atoms with Crippen LogP contribution in [0.5, 0.6) is 0 Å².